The molecule has 42 heavy (non-hydrogen) atoms. The molecule has 10 nitrogen and oxygen atoms in total. The quantitative estimate of drug-likeness (QED) is 0.0432. The lowest BCUT2D eigenvalue weighted by Crippen LogP contribution is -2.28. The Labute approximate surface area is 251 Å². The summed E-state index contributed by atoms with van der Waals surface area (Å²) in [5.41, 5.74) is 12.5. The number of anilines is 1. The monoisotopic (exact) mass is 592 g/mol. The van der Waals surface area contributed by atoms with E-state index in [2.05, 4.69) is 34.5 Å². The molecular weight excluding hydrogens is 552 g/mol. The molecule has 1 atom stereocenters. The number of nitrogens with two attached hydrogens (primary N) is 2. The number of rotatable bonds is 9. The molecule has 0 bridgehead atoms. The molecule has 0 aliphatic carbocycles. The molecule has 0 aliphatic rings. The lowest BCUT2D eigenvalue weighted by Gasteiger charge is -2.09. The Bertz CT molecular complexity index is 1480. The second-order valence-electron chi connectivity index (χ2n) is 8.90. The van der Waals surface area contributed by atoms with Crippen molar-refractivity contribution >= 4 is 46.3 Å². The Balaban J connectivity index is 0.00000116. The van der Waals surface area contributed by atoms with E-state index in [-0.39, 0.29) is 17.5 Å². The Kier molecular flexibility index (Phi) is 13.6. The van der Waals surface area contributed by atoms with Crippen LogP contribution in [0.1, 0.15) is 62.7 Å². The normalized spacial score (nSPS) is 11.5. The molecular formula is C31H40N6O4S. The number of amides is 1. The summed E-state index contributed by atoms with van der Waals surface area (Å²) in [5.74, 6) is 4.31. The van der Waals surface area contributed by atoms with Crippen molar-refractivity contribution in [1.82, 2.24) is 10.3 Å². The molecule has 11 heteroatoms. The Hall–Kier alpha value is -4.32. The van der Waals surface area contributed by atoms with Crippen molar-refractivity contribution < 1.29 is 19.1 Å². The summed E-state index contributed by atoms with van der Waals surface area (Å²) in [5, 5.41) is 16.4. The highest BCUT2D eigenvalue weighted by molar-refractivity contribution is 7.97. The van der Waals surface area contributed by atoms with E-state index in [0.717, 1.165) is 16.0 Å². The van der Waals surface area contributed by atoms with Crippen molar-refractivity contribution in [3.8, 4) is 11.1 Å². The summed E-state index contributed by atoms with van der Waals surface area (Å²) in [4.78, 5) is 24.8. The molecule has 4 rings (SSSR count). The van der Waals surface area contributed by atoms with Crippen molar-refractivity contribution in [2.75, 3.05) is 5.32 Å². The number of nitrogens with one attached hydrogen (secondary N) is 3. The number of aryl methyl sites for hydroxylation is 1. The highest BCUT2D eigenvalue weighted by Gasteiger charge is 2.21. The van der Waals surface area contributed by atoms with Gasteiger partial charge in [-0.2, -0.15) is 0 Å². The van der Waals surface area contributed by atoms with E-state index in [0.29, 0.717) is 27.8 Å². The van der Waals surface area contributed by atoms with Crippen molar-refractivity contribution in [3.05, 3.63) is 83.6 Å². The summed E-state index contributed by atoms with van der Waals surface area (Å²) in [6.07, 6.45) is 1.25. The van der Waals surface area contributed by atoms with Crippen molar-refractivity contribution in [3.63, 3.8) is 0 Å². The van der Waals surface area contributed by atoms with Gasteiger partial charge in [-0.3, -0.25) is 9.59 Å². The van der Waals surface area contributed by atoms with Gasteiger partial charge in [0.15, 0.2) is 11.6 Å². The number of fused-ring (bicyclic) bond motifs is 1. The number of hydrogen-bond donors (Lipinski definition) is 6. The molecule has 0 saturated heterocycles. The SMILES string of the molecule is CC.CCC.Cc1c(C(=O)Nc2ccc(-c3ccc(SN[C@@H](C)C(=O)O)cc3)cc2)oc2cccc(/C(N)=N/NN)c12. The van der Waals surface area contributed by atoms with Crippen molar-refractivity contribution in [1.29, 1.82) is 0 Å². The molecule has 0 saturated carbocycles. The maximum absolute atomic E-state index is 13.0. The van der Waals surface area contributed by atoms with Gasteiger partial charge in [-0.25, -0.2) is 16.1 Å². The van der Waals surface area contributed by atoms with Crippen molar-refractivity contribution in [2.45, 2.75) is 58.9 Å². The molecule has 1 heterocycles. The standard InChI is InChI=1S/C26H26N6O4S.C3H8.C2H6/c1-14-22-20(24(27)30-32-28)4-3-5-21(22)36-23(14)25(33)29-18-10-6-16(7-11-18)17-8-12-19(13-9-17)37-31-15(2)26(34)35;1-3-2;1-2/h3-13,15,31-32H,28H2,1-2H3,(H2,27,30)(H,29,33)(H,34,35);3H2,1-2H3;1-2H3/t15-;;/m0../s1. The molecule has 4 aromatic rings. The van der Waals surface area contributed by atoms with Gasteiger partial charge in [0, 0.05) is 27.1 Å². The van der Waals surface area contributed by atoms with Gasteiger partial charge in [0.05, 0.1) is 0 Å². The third-order valence-corrected chi connectivity index (χ3v) is 6.65. The fraction of sp³-hybridized carbons (Fsp3) is 0.258. The van der Waals surface area contributed by atoms with Gasteiger partial charge in [0.2, 0.25) is 0 Å². The van der Waals surface area contributed by atoms with Gasteiger partial charge in [0.25, 0.3) is 5.91 Å². The number of amidine groups is 1. The summed E-state index contributed by atoms with van der Waals surface area (Å²) in [6, 6.07) is 19.8. The van der Waals surface area contributed by atoms with E-state index >= 15 is 0 Å². The van der Waals surface area contributed by atoms with Gasteiger partial charge < -0.3 is 20.6 Å². The zero-order valence-electron chi connectivity index (χ0n) is 24.8. The number of hydrogen-bond acceptors (Lipinski definition) is 8. The number of carbonyl (C=O) groups is 2. The third-order valence-electron chi connectivity index (χ3n) is 5.68. The summed E-state index contributed by atoms with van der Waals surface area (Å²) >= 11 is 1.27. The second-order valence-corrected chi connectivity index (χ2v) is 9.82. The number of carboxylic acids is 1. The zero-order chi connectivity index (χ0) is 31.2. The maximum Gasteiger partial charge on any atom is 0.321 e. The number of hydrazone groups is 1. The smallest absolute Gasteiger partial charge is 0.321 e. The minimum Gasteiger partial charge on any atom is -0.480 e. The van der Waals surface area contributed by atoms with E-state index < -0.39 is 12.0 Å². The number of carbonyl (C=O) groups excluding carboxylic acids is 1. The second kappa shape index (κ2) is 16.8. The van der Waals surface area contributed by atoms with Crippen LogP contribution < -0.4 is 27.2 Å². The van der Waals surface area contributed by atoms with E-state index in [9.17, 15) is 9.59 Å². The number of nitrogens with zero attached hydrogens (tertiary/aromatic N) is 1. The maximum atomic E-state index is 13.0. The first kappa shape index (κ1) is 33.9. The molecule has 0 spiro atoms. The van der Waals surface area contributed by atoms with Crippen LogP contribution in [-0.2, 0) is 4.79 Å². The fourth-order valence-corrected chi connectivity index (χ4v) is 4.40. The Morgan fingerprint density at radius 2 is 1.57 bits per heavy atom. The van der Waals surface area contributed by atoms with Gasteiger partial charge in [-0.05, 0) is 67.3 Å². The molecule has 1 amide bonds. The first-order valence-electron chi connectivity index (χ1n) is 13.7. The number of furan rings is 1. The molecule has 0 fully saturated rings. The molecule has 0 aliphatic heterocycles. The van der Waals surface area contributed by atoms with E-state index in [1.54, 1.807) is 32.0 Å². The molecule has 0 unspecified atom stereocenters. The first-order valence-corrected chi connectivity index (χ1v) is 14.5. The lowest BCUT2D eigenvalue weighted by molar-refractivity contribution is -0.138. The van der Waals surface area contributed by atoms with Gasteiger partial charge in [-0.1, -0.05) is 70.5 Å². The van der Waals surface area contributed by atoms with Gasteiger partial charge in [0.1, 0.15) is 11.6 Å². The van der Waals surface area contributed by atoms with Crippen LogP contribution in [0.25, 0.3) is 22.1 Å². The van der Waals surface area contributed by atoms with Crippen molar-refractivity contribution in [2.24, 2.45) is 16.7 Å². The summed E-state index contributed by atoms with van der Waals surface area (Å²) in [6.45, 7) is 11.6. The lowest BCUT2D eigenvalue weighted by atomic mass is 10.0. The predicted molar refractivity (Wildman–Crippen MR) is 172 cm³/mol. The first-order chi connectivity index (χ1) is 20.2. The van der Waals surface area contributed by atoms with Crippen LogP contribution in [0.3, 0.4) is 0 Å². The van der Waals surface area contributed by atoms with Gasteiger partial charge in [-0.15, -0.1) is 5.10 Å². The number of aliphatic carboxylic acids is 1. The molecule has 3 aromatic carbocycles. The van der Waals surface area contributed by atoms with Crippen LogP contribution >= 0.6 is 11.9 Å². The molecule has 224 valence electrons. The number of hydrazine groups is 1. The minimum absolute atomic E-state index is 0.178. The Morgan fingerprint density at radius 1 is 1.00 bits per heavy atom. The summed E-state index contributed by atoms with van der Waals surface area (Å²) < 4.78 is 8.71. The third kappa shape index (κ3) is 8.84. The van der Waals surface area contributed by atoms with Crippen LogP contribution in [0.5, 0.6) is 0 Å². The predicted octanol–water partition coefficient (Wildman–Crippen LogP) is 6.26. The average molecular weight is 593 g/mol. The minimum atomic E-state index is -0.907. The molecule has 0 radical (unpaired) electrons. The molecule has 1 aromatic heterocycles. The summed E-state index contributed by atoms with van der Waals surface area (Å²) in [7, 11) is 0. The number of carboxylic acid groups (broad SMARTS) is 1. The van der Waals surface area contributed by atoms with Crippen LogP contribution in [0.4, 0.5) is 5.69 Å². The zero-order valence-corrected chi connectivity index (χ0v) is 25.6. The highest BCUT2D eigenvalue weighted by Crippen LogP contribution is 2.30. The number of benzene rings is 3. The molecule has 8 N–H and O–H groups in total. The van der Waals surface area contributed by atoms with E-state index in [4.69, 9.17) is 21.1 Å². The van der Waals surface area contributed by atoms with Crippen LogP contribution in [0, 0.1) is 6.92 Å². The average Bonchev–Trinajstić information content (AvgIpc) is 3.34. The van der Waals surface area contributed by atoms with Crippen LogP contribution in [0.2, 0.25) is 0 Å². The topological polar surface area (TPSA) is 168 Å². The highest BCUT2D eigenvalue weighted by atomic mass is 32.2. The van der Waals surface area contributed by atoms with Crippen LogP contribution in [0.15, 0.2) is 81.1 Å². The fourth-order valence-electron chi connectivity index (χ4n) is 3.72. The Morgan fingerprint density at radius 3 is 2.12 bits per heavy atom. The van der Waals surface area contributed by atoms with E-state index in [1.807, 2.05) is 62.4 Å². The van der Waals surface area contributed by atoms with E-state index in [1.165, 1.54) is 18.4 Å². The largest absolute Gasteiger partial charge is 0.480 e. The van der Waals surface area contributed by atoms with Crippen LogP contribution in [-0.4, -0.2) is 28.9 Å². The van der Waals surface area contributed by atoms with Gasteiger partial charge >= 0.3 is 5.97 Å².